The Labute approximate surface area is 167 Å². The fraction of sp³-hybridized carbons (Fsp3) is 0.478. The molecule has 5 heteroatoms. The van der Waals surface area contributed by atoms with E-state index < -0.39 is 0 Å². The highest BCUT2D eigenvalue weighted by Gasteiger charge is 2.29. The van der Waals surface area contributed by atoms with Crippen LogP contribution in [0.15, 0.2) is 36.4 Å². The summed E-state index contributed by atoms with van der Waals surface area (Å²) in [5.74, 6) is 1.98. The highest BCUT2D eigenvalue weighted by atomic mass is 16.5. The number of hydrogen-bond acceptors (Lipinski definition) is 5. The molecule has 0 heterocycles. The number of aromatic hydroxyl groups is 1. The zero-order valence-electron chi connectivity index (χ0n) is 17.0. The smallest absolute Gasteiger partial charge is 0.160 e. The maximum atomic E-state index is 10.9. The van der Waals surface area contributed by atoms with Crippen molar-refractivity contribution < 1.29 is 19.8 Å². The molecule has 1 atom stereocenters. The van der Waals surface area contributed by atoms with Gasteiger partial charge in [-0.1, -0.05) is 25.5 Å². The molecule has 0 amide bonds. The van der Waals surface area contributed by atoms with Gasteiger partial charge in [0.15, 0.2) is 11.5 Å². The minimum absolute atomic E-state index is 0.119. The van der Waals surface area contributed by atoms with Crippen molar-refractivity contribution in [3.8, 4) is 17.2 Å². The van der Waals surface area contributed by atoms with Crippen molar-refractivity contribution in [2.24, 2.45) is 5.92 Å². The van der Waals surface area contributed by atoms with Crippen LogP contribution in [0.3, 0.4) is 0 Å². The monoisotopic (exact) mass is 385 g/mol. The predicted molar refractivity (Wildman–Crippen MR) is 109 cm³/mol. The number of hydrogen-bond donors (Lipinski definition) is 2. The number of benzene rings is 2. The number of rotatable bonds is 10. The zero-order valence-corrected chi connectivity index (χ0v) is 17.0. The molecule has 3 rings (SSSR count). The Morgan fingerprint density at radius 3 is 2.50 bits per heavy atom. The molecular weight excluding hydrogens is 354 g/mol. The topological polar surface area (TPSA) is 62.2 Å². The Bertz CT molecular complexity index is 788. The molecule has 0 aromatic heterocycles. The van der Waals surface area contributed by atoms with Crippen LogP contribution in [0.1, 0.15) is 48.9 Å². The number of ether oxygens (including phenoxy) is 2. The van der Waals surface area contributed by atoms with Gasteiger partial charge in [-0.25, -0.2) is 0 Å². The summed E-state index contributed by atoms with van der Waals surface area (Å²) >= 11 is 0. The van der Waals surface area contributed by atoms with Crippen molar-refractivity contribution >= 4 is 0 Å². The van der Waals surface area contributed by atoms with Gasteiger partial charge in [-0.3, -0.25) is 0 Å². The molecule has 1 fully saturated rings. The van der Waals surface area contributed by atoms with Gasteiger partial charge < -0.3 is 19.8 Å². The molecule has 5 nitrogen and oxygen atoms in total. The van der Waals surface area contributed by atoms with E-state index in [4.69, 9.17) is 9.47 Å². The Kier molecular flexibility index (Phi) is 6.81. The largest absolute Gasteiger partial charge is 0.504 e. The van der Waals surface area contributed by atoms with E-state index in [9.17, 15) is 10.3 Å². The maximum absolute atomic E-state index is 10.9. The third kappa shape index (κ3) is 4.97. The van der Waals surface area contributed by atoms with E-state index in [1.165, 1.54) is 30.6 Å². The quantitative estimate of drug-likeness (QED) is 0.578. The third-order valence-electron chi connectivity index (χ3n) is 5.40. The molecule has 0 bridgehead atoms. The van der Waals surface area contributed by atoms with E-state index in [-0.39, 0.29) is 11.8 Å². The Hall–Kier alpha value is -2.24. The van der Waals surface area contributed by atoms with Gasteiger partial charge in [0.2, 0.25) is 0 Å². The summed E-state index contributed by atoms with van der Waals surface area (Å²) in [4.78, 5) is 0. The van der Waals surface area contributed by atoms with Crippen LogP contribution in [-0.2, 0) is 12.8 Å². The number of nitrogens with zero attached hydrogens (tertiary/aromatic N) is 1. The van der Waals surface area contributed by atoms with Gasteiger partial charge in [-0.15, -0.1) is 0 Å². The second-order valence-electron chi connectivity index (χ2n) is 7.61. The Balaban J connectivity index is 1.93. The van der Waals surface area contributed by atoms with Crippen LogP contribution in [-0.4, -0.2) is 36.1 Å². The minimum atomic E-state index is -0.180. The first-order valence-corrected chi connectivity index (χ1v) is 10.0. The third-order valence-corrected chi connectivity index (χ3v) is 5.40. The van der Waals surface area contributed by atoms with Gasteiger partial charge in [0.05, 0.1) is 20.3 Å². The van der Waals surface area contributed by atoms with E-state index >= 15 is 0 Å². The lowest BCUT2D eigenvalue weighted by Gasteiger charge is -2.29. The summed E-state index contributed by atoms with van der Waals surface area (Å²) in [6.07, 6.45) is 4.90. The average Bonchev–Trinajstić information content (AvgIpc) is 3.50. The number of methoxy groups -OCH3 is 2. The van der Waals surface area contributed by atoms with Gasteiger partial charge in [-0.05, 0) is 72.6 Å². The minimum Gasteiger partial charge on any atom is -0.504 e. The summed E-state index contributed by atoms with van der Waals surface area (Å²) < 4.78 is 10.6. The lowest BCUT2D eigenvalue weighted by molar-refractivity contribution is -0.132. The molecule has 2 N–H and O–H groups in total. The van der Waals surface area contributed by atoms with Crippen LogP contribution in [0.4, 0.5) is 0 Å². The van der Waals surface area contributed by atoms with E-state index in [0.717, 1.165) is 29.7 Å². The lowest BCUT2D eigenvalue weighted by Crippen LogP contribution is -2.30. The van der Waals surface area contributed by atoms with Crippen LogP contribution >= 0.6 is 0 Å². The number of phenolic OH excluding ortho intramolecular Hbond substituents is 1. The first kappa shape index (κ1) is 20.5. The molecule has 0 saturated heterocycles. The van der Waals surface area contributed by atoms with E-state index in [1.54, 1.807) is 19.2 Å². The van der Waals surface area contributed by atoms with Crippen LogP contribution in [0, 0.1) is 5.92 Å². The summed E-state index contributed by atoms with van der Waals surface area (Å²) in [5.41, 5.74) is 3.26. The average molecular weight is 386 g/mol. The molecule has 2 aromatic rings. The molecule has 152 valence electrons. The van der Waals surface area contributed by atoms with E-state index in [1.807, 2.05) is 12.1 Å². The summed E-state index contributed by atoms with van der Waals surface area (Å²) in [6, 6.07) is 11.3. The summed E-state index contributed by atoms with van der Waals surface area (Å²) in [5, 5.41) is 22.6. The first-order valence-electron chi connectivity index (χ1n) is 10.0. The van der Waals surface area contributed by atoms with E-state index in [0.29, 0.717) is 24.6 Å². The fourth-order valence-electron chi connectivity index (χ4n) is 3.67. The summed E-state index contributed by atoms with van der Waals surface area (Å²) in [6.45, 7) is 2.82. The molecule has 2 aromatic carbocycles. The number of aryl methyl sites for hydroxylation is 1. The summed E-state index contributed by atoms with van der Waals surface area (Å²) in [7, 11) is 3.21. The normalized spacial score (nSPS) is 14.9. The second kappa shape index (κ2) is 9.30. The van der Waals surface area contributed by atoms with E-state index in [2.05, 4.69) is 19.1 Å². The van der Waals surface area contributed by atoms with Gasteiger partial charge >= 0.3 is 0 Å². The van der Waals surface area contributed by atoms with Gasteiger partial charge in [0.1, 0.15) is 5.75 Å². The SMILES string of the molecule is CCCc1cc(OC)ccc1[C@@H](Cc1ccc(OC)c(O)c1)N(O)CC1CC1. The zero-order chi connectivity index (χ0) is 20.1. The first-order chi connectivity index (χ1) is 13.5. The molecule has 1 aliphatic carbocycles. The molecular formula is C23H31NO4. The number of hydroxylamine groups is 2. The molecule has 0 unspecified atom stereocenters. The molecule has 1 saturated carbocycles. The molecule has 28 heavy (non-hydrogen) atoms. The van der Waals surface area contributed by atoms with Crippen molar-refractivity contribution in [1.82, 2.24) is 5.06 Å². The maximum Gasteiger partial charge on any atom is 0.160 e. The van der Waals surface area contributed by atoms with Crippen LogP contribution < -0.4 is 9.47 Å². The van der Waals surface area contributed by atoms with Crippen LogP contribution in [0.25, 0.3) is 0 Å². The highest BCUT2D eigenvalue weighted by molar-refractivity contribution is 5.43. The van der Waals surface area contributed by atoms with Crippen LogP contribution in [0.5, 0.6) is 17.2 Å². The van der Waals surface area contributed by atoms with Gasteiger partial charge in [0.25, 0.3) is 0 Å². The second-order valence-corrected chi connectivity index (χ2v) is 7.61. The van der Waals surface area contributed by atoms with Crippen molar-refractivity contribution in [2.75, 3.05) is 20.8 Å². The van der Waals surface area contributed by atoms with Crippen molar-refractivity contribution in [3.63, 3.8) is 0 Å². The van der Waals surface area contributed by atoms with Gasteiger partial charge in [-0.2, -0.15) is 5.06 Å². The number of phenols is 1. The van der Waals surface area contributed by atoms with Crippen molar-refractivity contribution in [1.29, 1.82) is 0 Å². The molecule has 0 radical (unpaired) electrons. The molecule has 1 aliphatic rings. The standard InChI is InChI=1S/C23H31NO4/c1-4-5-18-14-19(27-2)9-10-20(18)21(24(26)15-16-6-7-16)12-17-8-11-23(28-3)22(25)13-17/h8-11,13-14,16,21,25-26H,4-7,12,15H2,1-3H3/t21-/m1/s1. The lowest BCUT2D eigenvalue weighted by atomic mass is 9.92. The fourth-order valence-corrected chi connectivity index (χ4v) is 3.67. The molecule has 0 spiro atoms. The molecule has 0 aliphatic heterocycles. The Morgan fingerprint density at radius 1 is 1.11 bits per heavy atom. The van der Waals surface area contributed by atoms with Crippen LogP contribution in [0.2, 0.25) is 0 Å². The highest BCUT2D eigenvalue weighted by Crippen LogP contribution is 2.36. The predicted octanol–water partition coefficient (Wildman–Crippen LogP) is 4.75. The van der Waals surface area contributed by atoms with Crippen molar-refractivity contribution in [2.45, 2.75) is 45.1 Å². The van der Waals surface area contributed by atoms with Gasteiger partial charge in [0, 0.05) is 6.54 Å². The Morgan fingerprint density at radius 2 is 1.89 bits per heavy atom. The van der Waals surface area contributed by atoms with Crippen molar-refractivity contribution in [3.05, 3.63) is 53.1 Å².